The first kappa shape index (κ1) is 19.1. The van der Waals surface area contributed by atoms with Crippen LogP contribution in [0.3, 0.4) is 0 Å². The number of piperazine rings is 1. The number of amides is 1. The first-order valence-corrected chi connectivity index (χ1v) is 9.55. The maximum atomic E-state index is 13.1. The smallest absolute Gasteiger partial charge is 0.255 e. The van der Waals surface area contributed by atoms with Gasteiger partial charge in [0.2, 0.25) is 0 Å². The second-order valence-corrected chi connectivity index (χ2v) is 6.94. The van der Waals surface area contributed by atoms with Crippen LogP contribution in [0.4, 0.5) is 15.9 Å². The van der Waals surface area contributed by atoms with Crippen molar-refractivity contribution in [1.29, 1.82) is 0 Å². The lowest BCUT2D eigenvalue weighted by molar-refractivity contribution is 0.0793. The van der Waals surface area contributed by atoms with E-state index in [1.807, 2.05) is 31.3 Å². The molecule has 1 fully saturated rings. The molecule has 0 N–H and O–H groups in total. The number of halogens is 1. The number of carbonyl (C=O) groups is 1. The molecule has 5 nitrogen and oxygen atoms in total. The van der Waals surface area contributed by atoms with Crippen LogP contribution in [0.25, 0.3) is 0 Å². The topological polar surface area (TPSA) is 39.7 Å². The van der Waals surface area contributed by atoms with E-state index in [0.29, 0.717) is 5.56 Å². The third-order valence-corrected chi connectivity index (χ3v) is 4.98. The van der Waals surface area contributed by atoms with E-state index in [1.54, 1.807) is 11.1 Å². The average molecular weight is 370 g/mol. The van der Waals surface area contributed by atoms with Crippen molar-refractivity contribution >= 4 is 17.4 Å². The fraction of sp³-hybridized carbons (Fsp3) is 0.429. The molecule has 0 saturated carbocycles. The van der Waals surface area contributed by atoms with Crippen molar-refractivity contribution in [3.8, 4) is 0 Å². The zero-order valence-corrected chi connectivity index (χ0v) is 16.1. The van der Waals surface area contributed by atoms with Crippen LogP contribution >= 0.6 is 0 Å². The number of benzene rings is 1. The van der Waals surface area contributed by atoms with E-state index < -0.39 is 0 Å². The lowest BCUT2D eigenvalue weighted by atomic mass is 10.2. The molecule has 1 aromatic carbocycles. The standard InChI is InChI=1S/C21H27FN4O/c1-3-4-11-24(2)21(27)17-5-10-20(23-16-17)26-14-12-25(13-15-26)19-8-6-18(22)7-9-19/h5-10,16H,3-4,11-15H2,1-2H3. The Morgan fingerprint density at radius 3 is 2.33 bits per heavy atom. The highest BCUT2D eigenvalue weighted by atomic mass is 19.1. The molecule has 1 amide bonds. The van der Waals surface area contributed by atoms with Crippen molar-refractivity contribution in [3.05, 3.63) is 54.0 Å². The van der Waals surface area contributed by atoms with Crippen LogP contribution in [-0.2, 0) is 0 Å². The van der Waals surface area contributed by atoms with Gasteiger partial charge < -0.3 is 14.7 Å². The minimum Gasteiger partial charge on any atom is -0.368 e. The Kier molecular flexibility index (Phi) is 6.27. The Morgan fingerprint density at radius 1 is 1.07 bits per heavy atom. The van der Waals surface area contributed by atoms with Gasteiger partial charge in [-0.3, -0.25) is 4.79 Å². The van der Waals surface area contributed by atoms with Crippen molar-refractivity contribution in [3.63, 3.8) is 0 Å². The van der Waals surface area contributed by atoms with Crippen LogP contribution in [-0.4, -0.2) is 55.6 Å². The van der Waals surface area contributed by atoms with Gasteiger partial charge in [-0.1, -0.05) is 13.3 Å². The molecule has 0 aliphatic carbocycles. The fourth-order valence-electron chi connectivity index (χ4n) is 3.26. The van der Waals surface area contributed by atoms with Gasteiger partial charge in [-0.2, -0.15) is 0 Å². The molecule has 0 radical (unpaired) electrons. The third-order valence-electron chi connectivity index (χ3n) is 4.98. The summed E-state index contributed by atoms with van der Waals surface area (Å²) in [6, 6.07) is 10.4. The summed E-state index contributed by atoms with van der Waals surface area (Å²) in [5, 5.41) is 0. The molecular weight excluding hydrogens is 343 g/mol. The van der Waals surface area contributed by atoms with Crippen LogP contribution in [0.1, 0.15) is 30.1 Å². The fourth-order valence-corrected chi connectivity index (χ4v) is 3.26. The van der Waals surface area contributed by atoms with E-state index in [-0.39, 0.29) is 11.7 Å². The van der Waals surface area contributed by atoms with Gasteiger partial charge in [-0.25, -0.2) is 9.37 Å². The van der Waals surface area contributed by atoms with Gasteiger partial charge in [0.1, 0.15) is 11.6 Å². The SMILES string of the molecule is CCCCN(C)C(=O)c1ccc(N2CCN(c3ccc(F)cc3)CC2)nc1. The number of hydrogen-bond donors (Lipinski definition) is 0. The Labute approximate surface area is 160 Å². The number of unbranched alkanes of at least 4 members (excludes halogenated alkanes) is 1. The van der Waals surface area contributed by atoms with Gasteiger partial charge in [-0.05, 0) is 42.8 Å². The van der Waals surface area contributed by atoms with Crippen LogP contribution in [0.15, 0.2) is 42.6 Å². The minimum atomic E-state index is -0.212. The van der Waals surface area contributed by atoms with Crippen LogP contribution in [0.5, 0.6) is 0 Å². The summed E-state index contributed by atoms with van der Waals surface area (Å²) in [6.45, 7) is 6.27. The molecule has 1 saturated heterocycles. The molecule has 1 aliphatic heterocycles. The van der Waals surface area contributed by atoms with Gasteiger partial charge in [0.05, 0.1) is 5.56 Å². The monoisotopic (exact) mass is 370 g/mol. The lowest BCUT2D eigenvalue weighted by Crippen LogP contribution is -2.46. The Bertz CT molecular complexity index is 740. The van der Waals surface area contributed by atoms with E-state index in [2.05, 4.69) is 21.7 Å². The van der Waals surface area contributed by atoms with Gasteiger partial charge in [0.15, 0.2) is 0 Å². The van der Waals surface area contributed by atoms with Gasteiger partial charge in [-0.15, -0.1) is 0 Å². The second-order valence-electron chi connectivity index (χ2n) is 6.94. The van der Waals surface area contributed by atoms with Crippen molar-refractivity contribution < 1.29 is 9.18 Å². The molecule has 0 bridgehead atoms. The highest BCUT2D eigenvalue weighted by Gasteiger charge is 2.19. The van der Waals surface area contributed by atoms with E-state index in [4.69, 9.17) is 0 Å². The molecule has 0 spiro atoms. The molecule has 6 heteroatoms. The second kappa shape index (κ2) is 8.84. The molecule has 144 valence electrons. The molecule has 2 heterocycles. The molecule has 0 atom stereocenters. The zero-order chi connectivity index (χ0) is 19.2. The summed E-state index contributed by atoms with van der Waals surface area (Å²) in [5.41, 5.74) is 1.67. The predicted molar refractivity (Wildman–Crippen MR) is 107 cm³/mol. The van der Waals surface area contributed by atoms with Gasteiger partial charge >= 0.3 is 0 Å². The van der Waals surface area contributed by atoms with Crippen LogP contribution in [0.2, 0.25) is 0 Å². The van der Waals surface area contributed by atoms with Gasteiger partial charge in [0, 0.05) is 51.7 Å². The summed E-state index contributed by atoms with van der Waals surface area (Å²) in [6.07, 6.45) is 3.75. The van der Waals surface area contributed by atoms with Crippen molar-refractivity contribution in [1.82, 2.24) is 9.88 Å². The Morgan fingerprint density at radius 2 is 1.74 bits per heavy atom. The molecule has 1 aromatic heterocycles. The van der Waals surface area contributed by atoms with Crippen molar-refractivity contribution in [2.45, 2.75) is 19.8 Å². The van der Waals surface area contributed by atoms with Crippen molar-refractivity contribution in [2.24, 2.45) is 0 Å². The molecule has 0 unspecified atom stereocenters. The summed E-state index contributed by atoms with van der Waals surface area (Å²) in [4.78, 5) is 23.1. The summed E-state index contributed by atoms with van der Waals surface area (Å²) in [7, 11) is 1.83. The molecule has 1 aliphatic rings. The normalized spacial score (nSPS) is 14.3. The number of anilines is 2. The first-order valence-electron chi connectivity index (χ1n) is 9.55. The first-order chi connectivity index (χ1) is 13.1. The highest BCUT2D eigenvalue weighted by molar-refractivity contribution is 5.93. The van der Waals surface area contributed by atoms with E-state index in [9.17, 15) is 9.18 Å². The summed E-state index contributed by atoms with van der Waals surface area (Å²) >= 11 is 0. The molecule has 2 aromatic rings. The number of aromatic nitrogens is 1. The number of rotatable bonds is 6. The zero-order valence-electron chi connectivity index (χ0n) is 16.1. The third kappa shape index (κ3) is 4.76. The van der Waals surface area contributed by atoms with E-state index >= 15 is 0 Å². The maximum absolute atomic E-state index is 13.1. The van der Waals surface area contributed by atoms with E-state index in [1.165, 1.54) is 12.1 Å². The summed E-state index contributed by atoms with van der Waals surface area (Å²) in [5.74, 6) is 0.696. The number of carbonyl (C=O) groups excluding carboxylic acids is 1. The molecular formula is C21H27FN4O. The minimum absolute atomic E-state index is 0.0172. The van der Waals surface area contributed by atoms with E-state index in [0.717, 1.165) is 57.1 Å². The van der Waals surface area contributed by atoms with Crippen LogP contribution < -0.4 is 9.80 Å². The number of pyridine rings is 1. The lowest BCUT2D eigenvalue weighted by Gasteiger charge is -2.36. The molecule has 27 heavy (non-hydrogen) atoms. The largest absolute Gasteiger partial charge is 0.368 e. The summed E-state index contributed by atoms with van der Waals surface area (Å²) < 4.78 is 13.1. The quantitative estimate of drug-likeness (QED) is 0.781. The average Bonchev–Trinajstić information content (AvgIpc) is 2.72. The number of hydrogen-bond acceptors (Lipinski definition) is 4. The van der Waals surface area contributed by atoms with Crippen molar-refractivity contribution in [2.75, 3.05) is 49.6 Å². The van der Waals surface area contributed by atoms with Gasteiger partial charge in [0.25, 0.3) is 5.91 Å². The Hall–Kier alpha value is -2.63. The van der Waals surface area contributed by atoms with Crippen LogP contribution in [0, 0.1) is 5.82 Å². The number of nitrogens with zero attached hydrogens (tertiary/aromatic N) is 4. The maximum Gasteiger partial charge on any atom is 0.255 e. The predicted octanol–water partition coefficient (Wildman–Crippen LogP) is 3.42. The molecule has 3 rings (SSSR count). The Balaban J connectivity index is 1.57. The highest BCUT2D eigenvalue weighted by Crippen LogP contribution is 2.20.